The third-order valence-corrected chi connectivity index (χ3v) is 4.28. The van der Waals surface area contributed by atoms with Crippen molar-refractivity contribution < 1.29 is 0 Å². The standard InChI is InChI=1S/C16H23N3/c1-3-4-16-18-14-11-13(5-6-15(14)19(16)2)12-7-9-17-10-8-12/h5-6,11-12,17H,3-4,7-10H2,1-2H3. The molecule has 0 radical (unpaired) electrons. The van der Waals surface area contributed by atoms with Gasteiger partial charge in [-0.05, 0) is 56.0 Å². The van der Waals surface area contributed by atoms with E-state index >= 15 is 0 Å². The number of nitrogens with zero attached hydrogens (tertiary/aromatic N) is 2. The molecule has 2 aromatic rings. The molecular weight excluding hydrogens is 234 g/mol. The molecule has 0 saturated carbocycles. The lowest BCUT2D eigenvalue weighted by Crippen LogP contribution is -2.26. The van der Waals surface area contributed by atoms with Gasteiger partial charge in [0.25, 0.3) is 0 Å². The van der Waals surface area contributed by atoms with E-state index in [2.05, 4.69) is 42.1 Å². The van der Waals surface area contributed by atoms with Crippen LogP contribution in [-0.4, -0.2) is 22.6 Å². The van der Waals surface area contributed by atoms with Crippen LogP contribution >= 0.6 is 0 Å². The van der Waals surface area contributed by atoms with E-state index in [0.717, 1.165) is 25.9 Å². The predicted octanol–water partition coefficient (Wildman–Crippen LogP) is 2.99. The minimum atomic E-state index is 0.710. The molecule has 3 rings (SSSR count). The van der Waals surface area contributed by atoms with Gasteiger partial charge in [-0.2, -0.15) is 0 Å². The number of fused-ring (bicyclic) bond motifs is 1. The number of imidazole rings is 1. The molecule has 19 heavy (non-hydrogen) atoms. The predicted molar refractivity (Wildman–Crippen MR) is 79.6 cm³/mol. The first-order chi connectivity index (χ1) is 9.29. The van der Waals surface area contributed by atoms with Crippen molar-refractivity contribution in [2.45, 2.75) is 38.5 Å². The Morgan fingerprint density at radius 1 is 1.32 bits per heavy atom. The Balaban J connectivity index is 1.96. The van der Waals surface area contributed by atoms with Crippen LogP contribution in [-0.2, 0) is 13.5 Å². The second-order valence-electron chi connectivity index (χ2n) is 5.61. The van der Waals surface area contributed by atoms with Crippen molar-refractivity contribution in [2.75, 3.05) is 13.1 Å². The first kappa shape index (κ1) is 12.7. The second-order valence-corrected chi connectivity index (χ2v) is 5.61. The van der Waals surface area contributed by atoms with Gasteiger partial charge < -0.3 is 9.88 Å². The second kappa shape index (κ2) is 5.33. The van der Waals surface area contributed by atoms with Crippen molar-refractivity contribution >= 4 is 11.0 Å². The van der Waals surface area contributed by atoms with Crippen LogP contribution in [0.4, 0.5) is 0 Å². The molecule has 0 aliphatic carbocycles. The van der Waals surface area contributed by atoms with E-state index in [1.807, 2.05) is 0 Å². The number of hydrogen-bond acceptors (Lipinski definition) is 2. The molecule has 0 unspecified atom stereocenters. The van der Waals surface area contributed by atoms with Crippen LogP contribution in [0, 0.1) is 0 Å². The number of hydrogen-bond donors (Lipinski definition) is 1. The maximum absolute atomic E-state index is 4.80. The van der Waals surface area contributed by atoms with Gasteiger partial charge in [-0.25, -0.2) is 4.98 Å². The third kappa shape index (κ3) is 2.39. The Hall–Kier alpha value is -1.35. The normalized spacial score (nSPS) is 17.2. The van der Waals surface area contributed by atoms with Crippen molar-refractivity contribution in [3.05, 3.63) is 29.6 Å². The number of nitrogens with one attached hydrogen (secondary N) is 1. The Bertz CT molecular complexity index is 565. The van der Waals surface area contributed by atoms with Gasteiger partial charge in [-0.15, -0.1) is 0 Å². The fraction of sp³-hybridized carbons (Fsp3) is 0.562. The summed E-state index contributed by atoms with van der Waals surface area (Å²) in [6.07, 6.45) is 4.71. The molecule has 1 aliphatic heterocycles. The molecule has 102 valence electrons. The number of piperidine rings is 1. The fourth-order valence-corrected chi connectivity index (χ4v) is 3.12. The average molecular weight is 257 g/mol. The zero-order chi connectivity index (χ0) is 13.2. The highest BCUT2D eigenvalue weighted by Crippen LogP contribution is 2.28. The summed E-state index contributed by atoms with van der Waals surface area (Å²) in [5, 5.41) is 3.43. The first-order valence-electron chi connectivity index (χ1n) is 7.45. The molecule has 1 aromatic heterocycles. The fourth-order valence-electron chi connectivity index (χ4n) is 3.12. The highest BCUT2D eigenvalue weighted by Gasteiger charge is 2.16. The summed E-state index contributed by atoms with van der Waals surface area (Å²) < 4.78 is 2.24. The molecule has 0 atom stereocenters. The highest BCUT2D eigenvalue weighted by atomic mass is 15.1. The zero-order valence-corrected chi connectivity index (χ0v) is 11.9. The van der Waals surface area contributed by atoms with E-state index < -0.39 is 0 Å². The lowest BCUT2D eigenvalue weighted by molar-refractivity contribution is 0.460. The van der Waals surface area contributed by atoms with E-state index in [0.29, 0.717) is 5.92 Å². The summed E-state index contributed by atoms with van der Waals surface area (Å²) in [5.74, 6) is 1.92. The molecule has 3 heteroatoms. The van der Waals surface area contributed by atoms with Gasteiger partial charge in [0.05, 0.1) is 11.0 Å². The van der Waals surface area contributed by atoms with E-state index in [1.165, 1.54) is 35.3 Å². The van der Waals surface area contributed by atoms with Crippen LogP contribution in [0.2, 0.25) is 0 Å². The van der Waals surface area contributed by atoms with Crippen LogP contribution in [0.3, 0.4) is 0 Å². The van der Waals surface area contributed by atoms with Crippen molar-refractivity contribution in [3.8, 4) is 0 Å². The topological polar surface area (TPSA) is 29.9 Å². The largest absolute Gasteiger partial charge is 0.331 e. The molecule has 2 heterocycles. The summed E-state index contributed by atoms with van der Waals surface area (Å²) in [6.45, 7) is 4.50. The highest BCUT2D eigenvalue weighted by molar-refractivity contribution is 5.77. The van der Waals surface area contributed by atoms with Crippen molar-refractivity contribution in [3.63, 3.8) is 0 Å². The molecule has 3 nitrogen and oxygen atoms in total. The van der Waals surface area contributed by atoms with Gasteiger partial charge in [0.15, 0.2) is 0 Å². The summed E-state index contributed by atoms with van der Waals surface area (Å²) in [5.41, 5.74) is 3.90. The van der Waals surface area contributed by atoms with Gasteiger partial charge >= 0.3 is 0 Å². The molecule has 1 fully saturated rings. The molecule has 1 aromatic carbocycles. The Kier molecular flexibility index (Phi) is 3.56. The number of benzene rings is 1. The monoisotopic (exact) mass is 257 g/mol. The molecule has 1 N–H and O–H groups in total. The summed E-state index contributed by atoms with van der Waals surface area (Å²) in [7, 11) is 2.13. The Labute approximate surface area is 115 Å². The molecule has 1 aliphatic rings. The number of aryl methyl sites for hydroxylation is 2. The molecule has 0 spiro atoms. The summed E-state index contributed by atoms with van der Waals surface area (Å²) >= 11 is 0. The van der Waals surface area contributed by atoms with Crippen LogP contribution in [0.15, 0.2) is 18.2 Å². The smallest absolute Gasteiger partial charge is 0.109 e. The first-order valence-corrected chi connectivity index (χ1v) is 7.45. The zero-order valence-electron chi connectivity index (χ0n) is 11.9. The van der Waals surface area contributed by atoms with Gasteiger partial charge in [0, 0.05) is 13.5 Å². The lowest BCUT2D eigenvalue weighted by Gasteiger charge is -2.22. The Morgan fingerprint density at radius 3 is 2.84 bits per heavy atom. The SMILES string of the molecule is CCCc1nc2cc(C3CCNCC3)ccc2n1C. The number of rotatable bonds is 3. The molecule has 0 bridgehead atoms. The lowest BCUT2D eigenvalue weighted by atomic mass is 9.90. The van der Waals surface area contributed by atoms with Gasteiger partial charge in [0.2, 0.25) is 0 Å². The molecule has 1 saturated heterocycles. The van der Waals surface area contributed by atoms with E-state index in [-0.39, 0.29) is 0 Å². The van der Waals surface area contributed by atoms with E-state index in [9.17, 15) is 0 Å². The quantitative estimate of drug-likeness (QED) is 0.916. The van der Waals surface area contributed by atoms with Gasteiger partial charge in [0.1, 0.15) is 5.82 Å². The summed E-state index contributed by atoms with van der Waals surface area (Å²) in [6, 6.07) is 6.86. The van der Waals surface area contributed by atoms with Crippen molar-refractivity contribution in [1.82, 2.24) is 14.9 Å². The van der Waals surface area contributed by atoms with Gasteiger partial charge in [-0.3, -0.25) is 0 Å². The van der Waals surface area contributed by atoms with Crippen LogP contribution < -0.4 is 5.32 Å². The van der Waals surface area contributed by atoms with Crippen LogP contribution in [0.5, 0.6) is 0 Å². The molecular formula is C16H23N3. The maximum Gasteiger partial charge on any atom is 0.109 e. The summed E-state index contributed by atoms with van der Waals surface area (Å²) in [4.78, 5) is 4.80. The minimum absolute atomic E-state index is 0.710. The molecule has 0 amide bonds. The van der Waals surface area contributed by atoms with Crippen molar-refractivity contribution in [1.29, 1.82) is 0 Å². The third-order valence-electron chi connectivity index (χ3n) is 4.28. The van der Waals surface area contributed by atoms with Crippen molar-refractivity contribution in [2.24, 2.45) is 7.05 Å². The Morgan fingerprint density at radius 2 is 2.11 bits per heavy atom. The van der Waals surface area contributed by atoms with E-state index in [4.69, 9.17) is 4.98 Å². The minimum Gasteiger partial charge on any atom is -0.331 e. The van der Waals surface area contributed by atoms with E-state index in [1.54, 1.807) is 0 Å². The van der Waals surface area contributed by atoms with Crippen LogP contribution in [0.25, 0.3) is 11.0 Å². The van der Waals surface area contributed by atoms with Gasteiger partial charge in [-0.1, -0.05) is 13.0 Å². The number of aromatic nitrogens is 2. The maximum atomic E-state index is 4.80. The average Bonchev–Trinajstić information content (AvgIpc) is 2.76. The van der Waals surface area contributed by atoms with Crippen LogP contribution in [0.1, 0.15) is 43.5 Å².